The zero-order valence-electron chi connectivity index (χ0n) is 20.3. The van der Waals surface area contributed by atoms with Crippen LogP contribution < -0.4 is 10.1 Å². The van der Waals surface area contributed by atoms with Crippen LogP contribution in [-0.2, 0) is 16.1 Å². The van der Waals surface area contributed by atoms with E-state index in [0.717, 1.165) is 18.4 Å². The fourth-order valence-corrected chi connectivity index (χ4v) is 5.50. The molecule has 2 aliphatic rings. The highest BCUT2D eigenvalue weighted by Crippen LogP contribution is 2.71. The van der Waals surface area contributed by atoms with E-state index < -0.39 is 12.3 Å². The number of ether oxygens (including phenoxy) is 3. The summed E-state index contributed by atoms with van der Waals surface area (Å²) < 4.78 is 18.0. The van der Waals surface area contributed by atoms with Gasteiger partial charge in [0, 0.05) is 6.42 Å². The number of carbonyl (C=O) groups excluding carboxylic acids is 1. The predicted molar refractivity (Wildman–Crippen MR) is 129 cm³/mol. The maximum absolute atomic E-state index is 12.6. The fourth-order valence-electron chi connectivity index (χ4n) is 5.50. The van der Waals surface area contributed by atoms with Crippen molar-refractivity contribution < 1.29 is 19.0 Å². The van der Waals surface area contributed by atoms with Crippen LogP contribution in [0.25, 0.3) is 0 Å². The molecule has 2 saturated carbocycles. The zero-order valence-corrected chi connectivity index (χ0v) is 20.3. The van der Waals surface area contributed by atoms with Crippen LogP contribution in [0.15, 0.2) is 54.6 Å². The molecule has 34 heavy (non-hydrogen) atoms. The van der Waals surface area contributed by atoms with Gasteiger partial charge in [0.25, 0.3) is 0 Å². The number of hydrogen-bond acceptors (Lipinski definition) is 5. The van der Waals surface area contributed by atoms with E-state index in [0.29, 0.717) is 36.2 Å². The molecular weight excluding hydrogens is 428 g/mol. The lowest BCUT2D eigenvalue weighted by Crippen LogP contribution is -2.43. The van der Waals surface area contributed by atoms with Gasteiger partial charge in [0.1, 0.15) is 18.6 Å². The molecule has 0 aliphatic heterocycles. The van der Waals surface area contributed by atoms with Gasteiger partial charge in [-0.2, -0.15) is 5.26 Å². The van der Waals surface area contributed by atoms with Gasteiger partial charge >= 0.3 is 6.09 Å². The van der Waals surface area contributed by atoms with Crippen molar-refractivity contribution in [3.8, 4) is 11.8 Å². The van der Waals surface area contributed by atoms with E-state index in [1.807, 2.05) is 30.3 Å². The number of amides is 1. The highest BCUT2D eigenvalue weighted by Gasteiger charge is 2.73. The quantitative estimate of drug-likeness (QED) is 0.476. The number of alkyl carbamates (subject to hydrolysis) is 1. The molecule has 2 aromatic carbocycles. The van der Waals surface area contributed by atoms with Gasteiger partial charge in [0.05, 0.1) is 23.8 Å². The molecule has 0 bridgehead atoms. The van der Waals surface area contributed by atoms with Crippen LogP contribution in [0.5, 0.6) is 5.75 Å². The Morgan fingerprint density at radius 2 is 1.88 bits per heavy atom. The topological polar surface area (TPSA) is 80.6 Å². The third-order valence-corrected chi connectivity index (χ3v) is 7.52. The van der Waals surface area contributed by atoms with Gasteiger partial charge in [0.15, 0.2) is 0 Å². The molecule has 2 aromatic rings. The lowest BCUT2D eigenvalue weighted by Gasteiger charge is -2.32. The van der Waals surface area contributed by atoms with Crippen molar-refractivity contribution in [2.75, 3.05) is 6.61 Å². The maximum Gasteiger partial charge on any atom is 0.409 e. The molecule has 4 rings (SSSR count). The number of nitrogens with zero attached hydrogens (tertiary/aromatic N) is 1. The summed E-state index contributed by atoms with van der Waals surface area (Å²) in [5.41, 5.74) is 1.38. The fraction of sp³-hybridized carbons (Fsp3) is 0.500. The van der Waals surface area contributed by atoms with E-state index in [9.17, 15) is 4.79 Å². The molecule has 3 unspecified atom stereocenters. The Hall–Kier alpha value is -3.04. The van der Waals surface area contributed by atoms with Gasteiger partial charge in [0.2, 0.25) is 0 Å². The molecule has 1 amide bonds. The first kappa shape index (κ1) is 24.1. The summed E-state index contributed by atoms with van der Waals surface area (Å²) in [5, 5.41) is 11.9. The Morgan fingerprint density at radius 1 is 1.15 bits per heavy atom. The highest BCUT2D eigenvalue weighted by molar-refractivity contribution is 5.67. The van der Waals surface area contributed by atoms with Crippen LogP contribution in [0.1, 0.15) is 57.6 Å². The van der Waals surface area contributed by atoms with Crippen LogP contribution in [0.2, 0.25) is 0 Å². The molecule has 4 atom stereocenters. The molecule has 0 aromatic heterocycles. The van der Waals surface area contributed by atoms with E-state index in [2.05, 4.69) is 32.2 Å². The van der Waals surface area contributed by atoms with Gasteiger partial charge in [-0.25, -0.2) is 4.79 Å². The van der Waals surface area contributed by atoms with Crippen LogP contribution in [0.3, 0.4) is 0 Å². The number of nitriles is 1. The third kappa shape index (κ3) is 5.20. The number of benzene rings is 2. The Kier molecular flexibility index (Phi) is 7.13. The van der Waals surface area contributed by atoms with Crippen LogP contribution in [-0.4, -0.2) is 24.5 Å². The van der Waals surface area contributed by atoms with Crippen molar-refractivity contribution >= 4 is 6.09 Å². The normalized spacial score (nSPS) is 25.4. The standard InChI is InChI=1S/C28H34N2O4/c1-20-9-14-24-27(2,3)28(24,17-20)34-25(15-16-32-23-12-10-21(18-29)11-13-23)30-26(31)33-19-22-7-5-4-6-8-22/h4-8,10-13,20,24-25H,9,14-17,19H2,1-3H3,(H,30,31)/t20?,24?,25-,28?/m1/s1. The van der Waals surface area contributed by atoms with Gasteiger partial charge in [-0.3, -0.25) is 5.32 Å². The average molecular weight is 463 g/mol. The smallest absolute Gasteiger partial charge is 0.409 e. The monoisotopic (exact) mass is 462 g/mol. The lowest BCUT2D eigenvalue weighted by atomic mass is 9.88. The summed E-state index contributed by atoms with van der Waals surface area (Å²) in [6.45, 7) is 7.39. The molecule has 0 saturated heterocycles. The second-order valence-corrected chi connectivity index (χ2v) is 10.1. The van der Waals surface area contributed by atoms with Crippen molar-refractivity contribution in [3.05, 3.63) is 65.7 Å². The van der Waals surface area contributed by atoms with E-state index in [1.165, 1.54) is 6.42 Å². The minimum atomic E-state index is -0.517. The van der Waals surface area contributed by atoms with Crippen molar-refractivity contribution in [3.63, 3.8) is 0 Å². The molecule has 2 aliphatic carbocycles. The second-order valence-electron chi connectivity index (χ2n) is 10.1. The van der Waals surface area contributed by atoms with Gasteiger partial charge < -0.3 is 14.2 Å². The Labute approximate surface area is 202 Å². The minimum Gasteiger partial charge on any atom is -0.493 e. The van der Waals surface area contributed by atoms with Gasteiger partial charge in [-0.1, -0.05) is 57.5 Å². The molecule has 180 valence electrons. The SMILES string of the molecule is CC1CCC2C(C)(C)C2(O[C@H](CCOc2ccc(C#N)cc2)NC(=O)OCc2ccccc2)C1. The van der Waals surface area contributed by atoms with E-state index in [4.69, 9.17) is 19.5 Å². The third-order valence-electron chi connectivity index (χ3n) is 7.52. The largest absolute Gasteiger partial charge is 0.493 e. The molecule has 2 fully saturated rings. The van der Waals surface area contributed by atoms with Crippen LogP contribution in [0, 0.1) is 28.6 Å². The minimum absolute atomic E-state index is 0.0830. The highest BCUT2D eigenvalue weighted by atomic mass is 16.6. The second kappa shape index (κ2) is 10.1. The van der Waals surface area contributed by atoms with Gasteiger partial charge in [-0.15, -0.1) is 0 Å². The number of carbonyl (C=O) groups is 1. The van der Waals surface area contributed by atoms with Gasteiger partial charge in [-0.05, 0) is 59.9 Å². The number of fused-ring (bicyclic) bond motifs is 1. The Bertz CT molecular complexity index is 1010. The van der Waals surface area contributed by atoms with E-state index in [1.54, 1.807) is 24.3 Å². The molecule has 0 spiro atoms. The predicted octanol–water partition coefficient (Wildman–Crippen LogP) is 5.81. The van der Waals surface area contributed by atoms with Crippen molar-refractivity contribution in [2.45, 2.75) is 64.9 Å². The molecule has 0 heterocycles. The van der Waals surface area contributed by atoms with E-state index >= 15 is 0 Å². The number of rotatable bonds is 9. The summed E-state index contributed by atoms with van der Waals surface area (Å²) in [5.74, 6) is 1.78. The first-order valence-corrected chi connectivity index (χ1v) is 12.1. The van der Waals surface area contributed by atoms with Crippen LogP contribution in [0.4, 0.5) is 4.79 Å². The summed E-state index contributed by atoms with van der Waals surface area (Å²) >= 11 is 0. The summed E-state index contributed by atoms with van der Waals surface area (Å²) in [7, 11) is 0. The number of hydrogen-bond donors (Lipinski definition) is 1. The van der Waals surface area contributed by atoms with E-state index in [-0.39, 0.29) is 17.6 Å². The van der Waals surface area contributed by atoms with Crippen molar-refractivity contribution in [1.82, 2.24) is 5.32 Å². The molecule has 6 nitrogen and oxygen atoms in total. The summed E-state index contributed by atoms with van der Waals surface area (Å²) in [6, 6.07) is 18.7. The lowest BCUT2D eigenvalue weighted by molar-refractivity contribution is -0.0917. The maximum atomic E-state index is 12.6. The molecular formula is C28H34N2O4. The van der Waals surface area contributed by atoms with Crippen LogP contribution >= 0.6 is 0 Å². The first-order valence-electron chi connectivity index (χ1n) is 12.1. The zero-order chi connectivity index (χ0) is 24.2. The first-order chi connectivity index (χ1) is 16.3. The molecule has 1 N–H and O–H groups in total. The molecule has 6 heteroatoms. The Morgan fingerprint density at radius 3 is 2.59 bits per heavy atom. The summed E-state index contributed by atoms with van der Waals surface area (Å²) in [6.07, 6.45) is 2.84. The van der Waals surface area contributed by atoms with Crippen molar-refractivity contribution in [2.24, 2.45) is 17.3 Å². The van der Waals surface area contributed by atoms with Crippen molar-refractivity contribution in [1.29, 1.82) is 5.26 Å². The summed E-state index contributed by atoms with van der Waals surface area (Å²) in [4.78, 5) is 12.6. The molecule has 0 radical (unpaired) electrons. The average Bonchev–Trinajstić information content (AvgIpc) is 3.31. The Balaban J connectivity index is 1.39. The number of nitrogens with one attached hydrogen (secondary N) is 1.